The van der Waals surface area contributed by atoms with Crippen LogP contribution < -0.4 is 0 Å². The highest BCUT2D eigenvalue weighted by molar-refractivity contribution is 5.83. The maximum Gasteiger partial charge on any atom is 0.330 e. The van der Waals surface area contributed by atoms with Crippen LogP contribution in [-0.2, 0) is 19.1 Å². The molecule has 0 N–H and O–H groups in total. The molecule has 1 heterocycles. The Morgan fingerprint density at radius 3 is 3.13 bits per heavy atom. The van der Waals surface area contributed by atoms with E-state index >= 15 is 0 Å². The molecule has 3 atom stereocenters. The third kappa shape index (κ3) is 1.64. The van der Waals surface area contributed by atoms with E-state index in [2.05, 4.69) is 6.58 Å². The van der Waals surface area contributed by atoms with Gasteiger partial charge in [0.25, 0.3) is 0 Å². The minimum absolute atomic E-state index is 0.0259. The Bertz CT molecular complexity index is 323. The Morgan fingerprint density at radius 1 is 1.73 bits per heavy atom. The Kier molecular flexibility index (Phi) is 2.29. The zero-order chi connectivity index (χ0) is 11.1. The van der Waals surface area contributed by atoms with Crippen LogP contribution in [0.4, 0.5) is 0 Å². The summed E-state index contributed by atoms with van der Waals surface area (Å²) in [4.78, 5) is 22.7. The summed E-state index contributed by atoms with van der Waals surface area (Å²) in [5, 5.41) is 0. The van der Waals surface area contributed by atoms with Gasteiger partial charge in [-0.15, -0.1) is 0 Å². The van der Waals surface area contributed by atoms with E-state index in [4.69, 9.17) is 9.47 Å². The summed E-state index contributed by atoms with van der Waals surface area (Å²) in [5.41, 5.74) is -0.713. The summed E-state index contributed by atoms with van der Waals surface area (Å²) >= 11 is 0. The molecule has 2 aliphatic rings. The topological polar surface area (TPSA) is 52.6 Å². The van der Waals surface area contributed by atoms with Gasteiger partial charge in [-0.1, -0.05) is 6.58 Å². The van der Waals surface area contributed by atoms with Crippen molar-refractivity contribution in [1.82, 2.24) is 0 Å². The number of ether oxygens (including phenoxy) is 2. The molecule has 2 bridgehead atoms. The van der Waals surface area contributed by atoms with Crippen LogP contribution in [-0.4, -0.2) is 23.6 Å². The Balaban J connectivity index is 2.16. The summed E-state index contributed by atoms with van der Waals surface area (Å²) in [6.45, 7) is 5.14. The van der Waals surface area contributed by atoms with Crippen LogP contribution in [0.15, 0.2) is 12.7 Å². The third-order valence-electron chi connectivity index (χ3n) is 3.27. The molecule has 1 aliphatic carbocycles. The second kappa shape index (κ2) is 3.36. The van der Waals surface area contributed by atoms with Crippen LogP contribution in [0.2, 0.25) is 0 Å². The van der Waals surface area contributed by atoms with E-state index in [1.807, 2.05) is 0 Å². The normalized spacial score (nSPS) is 38.3. The summed E-state index contributed by atoms with van der Waals surface area (Å²) in [6.07, 6.45) is 3.26. The zero-order valence-corrected chi connectivity index (χ0v) is 8.69. The van der Waals surface area contributed by atoms with E-state index in [0.29, 0.717) is 12.8 Å². The van der Waals surface area contributed by atoms with Crippen molar-refractivity contribution in [2.24, 2.45) is 5.92 Å². The fraction of sp³-hybridized carbons (Fsp3) is 0.636. The van der Waals surface area contributed by atoms with Crippen molar-refractivity contribution in [2.75, 3.05) is 0 Å². The molecule has 0 amide bonds. The van der Waals surface area contributed by atoms with E-state index in [9.17, 15) is 9.59 Å². The first-order valence-corrected chi connectivity index (χ1v) is 5.11. The predicted octanol–water partition coefficient (Wildman–Crippen LogP) is 1.20. The standard InChI is InChI=1S/C11H14O4/c1-3-9(12)15-11(2)5-4-7-6-8(11)10(13)14-7/h3,7-8H,1,4-6H2,2H3. The lowest BCUT2D eigenvalue weighted by molar-refractivity contribution is -0.163. The minimum Gasteiger partial charge on any atom is -0.462 e. The van der Waals surface area contributed by atoms with Gasteiger partial charge < -0.3 is 9.47 Å². The Hall–Kier alpha value is -1.32. The zero-order valence-electron chi connectivity index (χ0n) is 8.69. The molecule has 1 saturated heterocycles. The fourth-order valence-corrected chi connectivity index (χ4v) is 2.34. The molecule has 4 heteroatoms. The molecule has 0 aromatic heterocycles. The minimum atomic E-state index is -0.713. The van der Waals surface area contributed by atoms with Crippen LogP contribution in [0, 0.1) is 5.92 Å². The molecular weight excluding hydrogens is 196 g/mol. The van der Waals surface area contributed by atoms with Gasteiger partial charge in [-0.3, -0.25) is 4.79 Å². The summed E-state index contributed by atoms with van der Waals surface area (Å²) in [7, 11) is 0. The number of hydrogen-bond donors (Lipinski definition) is 0. The van der Waals surface area contributed by atoms with E-state index in [0.717, 1.165) is 12.5 Å². The largest absolute Gasteiger partial charge is 0.462 e. The van der Waals surface area contributed by atoms with Crippen molar-refractivity contribution < 1.29 is 19.1 Å². The number of carbonyl (C=O) groups is 2. The monoisotopic (exact) mass is 210 g/mol. The van der Waals surface area contributed by atoms with Crippen LogP contribution in [0.3, 0.4) is 0 Å². The molecular formula is C11H14O4. The number of carbonyl (C=O) groups excluding carboxylic acids is 2. The summed E-state index contributed by atoms with van der Waals surface area (Å²) in [6, 6.07) is 0. The Morgan fingerprint density at radius 2 is 2.47 bits per heavy atom. The van der Waals surface area contributed by atoms with Gasteiger partial charge in [0.05, 0.1) is 5.92 Å². The van der Waals surface area contributed by atoms with Crippen molar-refractivity contribution in [3.8, 4) is 0 Å². The fourth-order valence-electron chi connectivity index (χ4n) is 2.34. The quantitative estimate of drug-likeness (QED) is 0.507. The van der Waals surface area contributed by atoms with Gasteiger partial charge >= 0.3 is 11.9 Å². The summed E-state index contributed by atoms with van der Waals surface area (Å²) in [5.74, 6) is -1.02. The molecule has 15 heavy (non-hydrogen) atoms. The highest BCUT2D eigenvalue weighted by Gasteiger charge is 2.53. The van der Waals surface area contributed by atoms with Crippen molar-refractivity contribution in [3.63, 3.8) is 0 Å². The molecule has 0 radical (unpaired) electrons. The molecule has 3 unspecified atom stereocenters. The van der Waals surface area contributed by atoms with E-state index in [1.54, 1.807) is 6.92 Å². The number of esters is 2. The first-order valence-electron chi connectivity index (χ1n) is 5.11. The van der Waals surface area contributed by atoms with Crippen LogP contribution in [0.25, 0.3) is 0 Å². The van der Waals surface area contributed by atoms with Crippen molar-refractivity contribution in [3.05, 3.63) is 12.7 Å². The van der Waals surface area contributed by atoms with Crippen molar-refractivity contribution in [1.29, 1.82) is 0 Å². The average molecular weight is 210 g/mol. The highest BCUT2D eigenvalue weighted by Crippen LogP contribution is 2.43. The molecule has 0 aromatic rings. The second-order valence-corrected chi connectivity index (χ2v) is 4.32. The smallest absolute Gasteiger partial charge is 0.330 e. The second-order valence-electron chi connectivity index (χ2n) is 4.32. The number of rotatable bonds is 2. The molecule has 2 fully saturated rings. The van der Waals surface area contributed by atoms with Gasteiger partial charge in [-0.05, 0) is 19.8 Å². The number of fused-ring (bicyclic) bond motifs is 2. The maximum absolute atomic E-state index is 11.5. The molecule has 4 nitrogen and oxygen atoms in total. The van der Waals surface area contributed by atoms with Crippen LogP contribution in [0.5, 0.6) is 0 Å². The van der Waals surface area contributed by atoms with Gasteiger partial charge in [-0.25, -0.2) is 4.79 Å². The molecule has 82 valence electrons. The lowest BCUT2D eigenvalue weighted by Gasteiger charge is -2.35. The van der Waals surface area contributed by atoms with Crippen molar-refractivity contribution >= 4 is 11.9 Å². The van der Waals surface area contributed by atoms with Gasteiger partial charge in [0.15, 0.2) is 0 Å². The molecule has 2 rings (SSSR count). The van der Waals surface area contributed by atoms with E-state index < -0.39 is 11.6 Å². The van der Waals surface area contributed by atoms with Crippen LogP contribution >= 0.6 is 0 Å². The van der Waals surface area contributed by atoms with Crippen molar-refractivity contribution in [2.45, 2.75) is 37.9 Å². The SMILES string of the molecule is C=CC(=O)OC1(C)CCC2CC1C(=O)O2. The molecule has 0 aromatic carbocycles. The highest BCUT2D eigenvalue weighted by atomic mass is 16.6. The van der Waals surface area contributed by atoms with Gasteiger partial charge in [-0.2, -0.15) is 0 Å². The van der Waals surface area contributed by atoms with Gasteiger partial charge in [0, 0.05) is 12.5 Å². The molecule has 1 saturated carbocycles. The lowest BCUT2D eigenvalue weighted by atomic mass is 9.77. The van der Waals surface area contributed by atoms with E-state index in [-0.39, 0.29) is 18.0 Å². The lowest BCUT2D eigenvalue weighted by Crippen LogP contribution is -2.43. The maximum atomic E-state index is 11.5. The molecule has 0 spiro atoms. The number of hydrogen-bond acceptors (Lipinski definition) is 4. The Labute approximate surface area is 88.2 Å². The first kappa shape index (κ1) is 10.2. The average Bonchev–Trinajstić information content (AvgIpc) is 2.52. The summed E-state index contributed by atoms with van der Waals surface area (Å²) < 4.78 is 10.4. The van der Waals surface area contributed by atoms with Gasteiger partial charge in [0.2, 0.25) is 0 Å². The predicted molar refractivity (Wildman–Crippen MR) is 51.9 cm³/mol. The first-order chi connectivity index (χ1) is 7.05. The van der Waals surface area contributed by atoms with Crippen LogP contribution in [0.1, 0.15) is 26.2 Å². The van der Waals surface area contributed by atoms with E-state index in [1.165, 1.54) is 0 Å². The van der Waals surface area contributed by atoms with Gasteiger partial charge in [0.1, 0.15) is 11.7 Å². The molecule has 1 aliphatic heterocycles. The third-order valence-corrected chi connectivity index (χ3v) is 3.27.